The number of urea groups is 1. The lowest BCUT2D eigenvalue weighted by atomic mass is 10.0. The molecule has 0 aromatic heterocycles. The van der Waals surface area contributed by atoms with Crippen molar-refractivity contribution in [3.8, 4) is 11.5 Å². The Bertz CT molecular complexity index is 506. The third-order valence-electron chi connectivity index (χ3n) is 3.93. The highest BCUT2D eigenvalue weighted by Gasteiger charge is 2.28. The van der Waals surface area contributed by atoms with Crippen LogP contribution in [0, 0.1) is 0 Å². The molecule has 2 heterocycles. The first-order valence-corrected chi connectivity index (χ1v) is 7.24. The van der Waals surface area contributed by atoms with Gasteiger partial charge in [-0.25, -0.2) is 4.79 Å². The highest BCUT2D eigenvalue weighted by molar-refractivity contribution is 5.93. The largest absolute Gasteiger partial charge is 0.493 e. The van der Waals surface area contributed by atoms with Crippen LogP contribution >= 0.6 is 0 Å². The van der Waals surface area contributed by atoms with Gasteiger partial charge < -0.3 is 19.7 Å². The van der Waals surface area contributed by atoms with E-state index in [4.69, 9.17) is 9.47 Å². The Labute approximate surface area is 118 Å². The summed E-state index contributed by atoms with van der Waals surface area (Å²) < 4.78 is 11.4. The maximum atomic E-state index is 12.3. The van der Waals surface area contributed by atoms with Crippen LogP contribution in [-0.2, 0) is 12.8 Å². The number of hydrogen-bond donors (Lipinski definition) is 1. The monoisotopic (exact) mass is 276 g/mol. The van der Waals surface area contributed by atoms with Gasteiger partial charge in [-0.1, -0.05) is 0 Å². The Morgan fingerprint density at radius 1 is 1.25 bits per heavy atom. The fourth-order valence-corrected chi connectivity index (χ4v) is 2.81. The molecule has 3 rings (SSSR count). The van der Waals surface area contributed by atoms with E-state index in [0.717, 1.165) is 41.2 Å². The summed E-state index contributed by atoms with van der Waals surface area (Å²) in [5.74, 6) is 1.72. The van der Waals surface area contributed by atoms with Crippen molar-refractivity contribution in [3.63, 3.8) is 0 Å². The normalized spacial score (nSPS) is 15.1. The number of rotatable bonds is 3. The average Bonchev–Trinajstić information content (AvgIpc) is 3.08. The van der Waals surface area contributed by atoms with Crippen LogP contribution in [0.5, 0.6) is 11.5 Å². The fraction of sp³-hybridized carbons (Fsp3) is 0.533. The van der Waals surface area contributed by atoms with Crippen LogP contribution in [0.3, 0.4) is 0 Å². The van der Waals surface area contributed by atoms with E-state index in [1.807, 2.05) is 13.8 Å². The van der Waals surface area contributed by atoms with E-state index in [9.17, 15) is 4.79 Å². The van der Waals surface area contributed by atoms with Gasteiger partial charge in [0.25, 0.3) is 0 Å². The summed E-state index contributed by atoms with van der Waals surface area (Å²) in [6.07, 6.45) is 1.69. The Kier molecular flexibility index (Phi) is 3.42. The minimum Gasteiger partial charge on any atom is -0.493 e. The molecule has 0 spiro atoms. The summed E-state index contributed by atoms with van der Waals surface area (Å²) in [7, 11) is 0. The molecule has 1 N–H and O–H groups in total. The Morgan fingerprint density at radius 3 is 2.75 bits per heavy atom. The van der Waals surface area contributed by atoms with Crippen LogP contribution < -0.4 is 14.8 Å². The van der Waals surface area contributed by atoms with Crippen LogP contribution in [-0.4, -0.2) is 37.2 Å². The van der Waals surface area contributed by atoms with Crippen molar-refractivity contribution in [1.82, 2.24) is 4.90 Å². The Hall–Kier alpha value is -1.91. The number of carbonyl (C=O) groups excluding carboxylic acids is 1. The molecule has 5 nitrogen and oxygen atoms in total. The van der Waals surface area contributed by atoms with Crippen molar-refractivity contribution in [2.24, 2.45) is 0 Å². The molecule has 1 aromatic rings. The number of carbonyl (C=O) groups is 1. The van der Waals surface area contributed by atoms with Crippen molar-refractivity contribution in [2.75, 3.05) is 31.6 Å². The van der Waals surface area contributed by atoms with Crippen molar-refractivity contribution in [1.29, 1.82) is 0 Å². The molecule has 0 saturated carbocycles. The number of fused-ring (bicyclic) bond motifs is 2. The minimum absolute atomic E-state index is 0.0759. The van der Waals surface area contributed by atoms with Crippen LogP contribution in [0.15, 0.2) is 6.07 Å². The summed E-state index contributed by atoms with van der Waals surface area (Å²) in [5, 5.41) is 3.03. The zero-order valence-corrected chi connectivity index (χ0v) is 12.0. The molecule has 2 aliphatic heterocycles. The van der Waals surface area contributed by atoms with Gasteiger partial charge in [-0.05, 0) is 19.9 Å². The van der Waals surface area contributed by atoms with Gasteiger partial charge in [-0.15, -0.1) is 0 Å². The van der Waals surface area contributed by atoms with Crippen LogP contribution in [0.4, 0.5) is 10.5 Å². The van der Waals surface area contributed by atoms with Gasteiger partial charge in [0.05, 0.1) is 18.9 Å². The van der Waals surface area contributed by atoms with Gasteiger partial charge in [0, 0.05) is 37.1 Å². The first-order valence-electron chi connectivity index (χ1n) is 7.24. The van der Waals surface area contributed by atoms with E-state index in [0.29, 0.717) is 26.3 Å². The van der Waals surface area contributed by atoms with Gasteiger partial charge >= 0.3 is 6.03 Å². The Balaban J connectivity index is 1.95. The van der Waals surface area contributed by atoms with Crippen LogP contribution in [0.2, 0.25) is 0 Å². The number of nitrogens with zero attached hydrogens (tertiary/aromatic N) is 1. The molecule has 1 aromatic carbocycles. The molecule has 0 bridgehead atoms. The molecule has 5 heteroatoms. The molecule has 0 unspecified atom stereocenters. The molecule has 20 heavy (non-hydrogen) atoms. The highest BCUT2D eigenvalue weighted by Crippen LogP contribution is 2.44. The van der Waals surface area contributed by atoms with Crippen molar-refractivity contribution < 1.29 is 14.3 Å². The smallest absolute Gasteiger partial charge is 0.321 e. The van der Waals surface area contributed by atoms with Crippen LogP contribution in [0.1, 0.15) is 25.0 Å². The van der Waals surface area contributed by atoms with Gasteiger partial charge in [-0.2, -0.15) is 0 Å². The standard InChI is InChI=1S/C15H20N2O3/c1-3-17(4-2)15(18)16-13-11-6-8-19-12(11)9-10-5-7-20-14(10)13/h9H,3-8H2,1-2H3,(H,16,18). The number of nitrogens with one attached hydrogen (secondary N) is 1. The highest BCUT2D eigenvalue weighted by atomic mass is 16.5. The molecule has 0 atom stereocenters. The fourth-order valence-electron chi connectivity index (χ4n) is 2.81. The number of ether oxygens (including phenoxy) is 2. The van der Waals surface area contributed by atoms with E-state index in [1.165, 1.54) is 0 Å². The summed E-state index contributed by atoms with van der Waals surface area (Å²) in [5.41, 5.74) is 3.00. The van der Waals surface area contributed by atoms with E-state index in [-0.39, 0.29) is 6.03 Å². The third kappa shape index (κ3) is 2.07. The molecular weight excluding hydrogens is 256 g/mol. The molecule has 2 amide bonds. The minimum atomic E-state index is -0.0759. The van der Waals surface area contributed by atoms with E-state index in [2.05, 4.69) is 11.4 Å². The summed E-state index contributed by atoms with van der Waals surface area (Å²) in [4.78, 5) is 14.1. The molecule has 0 fully saturated rings. The maximum absolute atomic E-state index is 12.3. The summed E-state index contributed by atoms with van der Waals surface area (Å²) in [6.45, 7) is 6.68. The van der Waals surface area contributed by atoms with Gasteiger partial charge in [-0.3, -0.25) is 0 Å². The molecule has 0 radical (unpaired) electrons. The first-order chi connectivity index (χ1) is 9.74. The topological polar surface area (TPSA) is 50.8 Å². The first kappa shape index (κ1) is 13.1. The summed E-state index contributed by atoms with van der Waals surface area (Å²) >= 11 is 0. The molecule has 2 aliphatic rings. The maximum Gasteiger partial charge on any atom is 0.321 e. The lowest BCUT2D eigenvalue weighted by Crippen LogP contribution is -2.34. The second-order valence-electron chi connectivity index (χ2n) is 5.02. The number of anilines is 1. The van der Waals surface area contributed by atoms with Crippen molar-refractivity contribution in [3.05, 3.63) is 17.2 Å². The van der Waals surface area contributed by atoms with Crippen LogP contribution in [0.25, 0.3) is 0 Å². The van der Waals surface area contributed by atoms with E-state index < -0.39 is 0 Å². The quantitative estimate of drug-likeness (QED) is 0.922. The lowest BCUT2D eigenvalue weighted by molar-refractivity contribution is 0.217. The number of amides is 2. The SMILES string of the molecule is CCN(CC)C(=O)Nc1c2c(cc3c1OCC3)OCC2. The van der Waals surface area contributed by atoms with Crippen molar-refractivity contribution >= 4 is 11.7 Å². The van der Waals surface area contributed by atoms with Gasteiger partial charge in [0.1, 0.15) is 11.5 Å². The Morgan fingerprint density at radius 2 is 2.00 bits per heavy atom. The molecular formula is C15H20N2O3. The van der Waals surface area contributed by atoms with Gasteiger partial charge in [0.15, 0.2) is 0 Å². The molecule has 108 valence electrons. The average molecular weight is 276 g/mol. The van der Waals surface area contributed by atoms with Crippen molar-refractivity contribution in [2.45, 2.75) is 26.7 Å². The molecule has 0 saturated heterocycles. The molecule has 0 aliphatic carbocycles. The second-order valence-corrected chi connectivity index (χ2v) is 5.02. The zero-order valence-electron chi connectivity index (χ0n) is 12.0. The predicted octanol–water partition coefficient (Wildman–Crippen LogP) is 2.43. The second kappa shape index (κ2) is 5.23. The predicted molar refractivity (Wildman–Crippen MR) is 76.8 cm³/mol. The number of hydrogen-bond acceptors (Lipinski definition) is 3. The van der Waals surface area contributed by atoms with Gasteiger partial charge in [0.2, 0.25) is 0 Å². The zero-order chi connectivity index (χ0) is 14.1. The third-order valence-corrected chi connectivity index (χ3v) is 3.93. The lowest BCUT2D eigenvalue weighted by Gasteiger charge is -2.21. The number of benzene rings is 1. The summed E-state index contributed by atoms with van der Waals surface area (Å²) in [6, 6.07) is 1.98. The van der Waals surface area contributed by atoms with E-state index in [1.54, 1.807) is 4.90 Å². The van der Waals surface area contributed by atoms with E-state index >= 15 is 0 Å².